The Morgan fingerprint density at radius 1 is 0.967 bits per heavy atom. The highest BCUT2D eigenvalue weighted by atomic mass is 35.5. The van der Waals surface area contributed by atoms with Crippen molar-refractivity contribution in [3.63, 3.8) is 0 Å². The summed E-state index contributed by atoms with van der Waals surface area (Å²) in [7, 11) is 0. The quantitative estimate of drug-likeness (QED) is 0.510. The molecule has 1 aliphatic heterocycles. The second kappa shape index (κ2) is 8.34. The molecule has 1 N–H and O–H groups in total. The number of nitrogens with one attached hydrogen (secondary N) is 1. The van der Waals surface area contributed by atoms with Crippen molar-refractivity contribution in [2.45, 2.75) is 20.0 Å². The summed E-state index contributed by atoms with van der Waals surface area (Å²) >= 11 is 7.68. The molecule has 2 heterocycles. The van der Waals surface area contributed by atoms with Crippen LogP contribution in [0, 0.1) is 0 Å². The van der Waals surface area contributed by atoms with E-state index in [-0.39, 0.29) is 11.8 Å². The molecule has 4 rings (SSSR count). The molecule has 2 aromatic carbocycles. The first kappa shape index (κ1) is 20.2. The number of thiophene rings is 1. The van der Waals surface area contributed by atoms with E-state index in [1.807, 2.05) is 55.6 Å². The van der Waals surface area contributed by atoms with Crippen molar-refractivity contribution in [3.8, 4) is 5.75 Å². The number of amides is 2. The van der Waals surface area contributed by atoms with E-state index in [1.54, 1.807) is 24.3 Å². The van der Waals surface area contributed by atoms with Crippen LogP contribution in [0.15, 0.2) is 71.7 Å². The van der Waals surface area contributed by atoms with Crippen LogP contribution in [-0.2, 0) is 9.59 Å². The number of hydrogen-bond acceptors (Lipinski definition) is 5. The molecule has 0 saturated carbocycles. The minimum absolute atomic E-state index is 0.0650. The van der Waals surface area contributed by atoms with E-state index in [1.165, 1.54) is 11.3 Å². The minimum Gasteiger partial charge on any atom is -0.491 e. The molecule has 0 radical (unpaired) electrons. The lowest BCUT2D eigenvalue weighted by molar-refractivity contribution is -0.120. The molecule has 0 unspecified atom stereocenters. The third-order valence-corrected chi connectivity index (χ3v) is 5.65. The number of para-hydroxylation sites is 1. The Kier molecular flexibility index (Phi) is 5.61. The first-order valence-electron chi connectivity index (χ1n) is 9.41. The van der Waals surface area contributed by atoms with Crippen molar-refractivity contribution < 1.29 is 14.3 Å². The summed E-state index contributed by atoms with van der Waals surface area (Å²) in [6, 6.07) is 17.7. The van der Waals surface area contributed by atoms with Crippen LogP contribution in [0.25, 0.3) is 5.57 Å². The first-order chi connectivity index (χ1) is 14.5. The number of carbonyl (C=O) groups excluding carboxylic acids is 2. The molecular weight excluding hydrogens is 420 g/mol. The van der Waals surface area contributed by atoms with E-state index in [0.29, 0.717) is 26.8 Å². The number of anilines is 2. The zero-order valence-electron chi connectivity index (χ0n) is 16.4. The molecule has 152 valence electrons. The van der Waals surface area contributed by atoms with E-state index in [2.05, 4.69) is 5.32 Å². The zero-order chi connectivity index (χ0) is 21.3. The summed E-state index contributed by atoms with van der Waals surface area (Å²) < 4.78 is 5.66. The predicted octanol–water partition coefficient (Wildman–Crippen LogP) is 5.59. The lowest BCUT2D eigenvalue weighted by atomic mass is 10.2. The largest absolute Gasteiger partial charge is 0.491 e. The summed E-state index contributed by atoms with van der Waals surface area (Å²) in [5.74, 6) is -0.119. The van der Waals surface area contributed by atoms with E-state index < -0.39 is 11.8 Å². The third kappa shape index (κ3) is 3.84. The number of nitrogens with zero attached hydrogens (tertiary/aromatic N) is 1. The molecule has 0 spiro atoms. The molecule has 3 aromatic rings. The number of imide groups is 1. The number of benzene rings is 2. The standard InChI is InChI=1S/C23H19ClN2O3S/c1-14(2)29-16-11-9-15(10-12-16)25-21-20(19-8-5-13-30-19)22(27)26(23(21)28)18-7-4-3-6-17(18)24/h3-14,25H,1-2H3. The fourth-order valence-electron chi connectivity index (χ4n) is 3.18. The highest BCUT2D eigenvalue weighted by Gasteiger charge is 2.41. The van der Waals surface area contributed by atoms with Crippen molar-refractivity contribution in [2.75, 3.05) is 10.2 Å². The molecular formula is C23H19ClN2O3S. The lowest BCUT2D eigenvalue weighted by Gasteiger charge is -2.16. The van der Waals surface area contributed by atoms with Crippen molar-refractivity contribution in [1.82, 2.24) is 0 Å². The molecule has 7 heteroatoms. The van der Waals surface area contributed by atoms with E-state index in [9.17, 15) is 9.59 Å². The van der Waals surface area contributed by atoms with E-state index in [4.69, 9.17) is 16.3 Å². The van der Waals surface area contributed by atoms with Gasteiger partial charge in [-0.15, -0.1) is 11.3 Å². The smallest absolute Gasteiger partial charge is 0.282 e. The molecule has 30 heavy (non-hydrogen) atoms. The average Bonchev–Trinajstić information content (AvgIpc) is 3.31. The highest BCUT2D eigenvalue weighted by molar-refractivity contribution is 7.11. The summed E-state index contributed by atoms with van der Waals surface area (Å²) in [6.45, 7) is 3.91. The maximum atomic E-state index is 13.3. The molecule has 0 saturated heterocycles. The maximum absolute atomic E-state index is 13.3. The topological polar surface area (TPSA) is 58.6 Å². The number of hydrogen-bond donors (Lipinski definition) is 1. The van der Waals surface area contributed by atoms with Gasteiger partial charge in [0.1, 0.15) is 11.4 Å². The van der Waals surface area contributed by atoms with Crippen molar-refractivity contribution in [3.05, 3.63) is 81.6 Å². The van der Waals surface area contributed by atoms with Gasteiger partial charge in [-0.2, -0.15) is 0 Å². The van der Waals surface area contributed by atoms with Gasteiger partial charge in [-0.25, -0.2) is 4.90 Å². The van der Waals surface area contributed by atoms with Gasteiger partial charge in [0.25, 0.3) is 11.8 Å². The summed E-state index contributed by atoms with van der Waals surface area (Å²) in [5.41, 5.74) is 1.59. The van der Waals surface area contributed by atoms with Crippen LogP contribution >= 0.6 is 22.9 Å². The minimum atomic E-state index is -0.445. The van der Waals surface area contributed by atoms with Crippen molar-refractivity contribution in [1.29, 1.82) is 0 Å². The van der Waals surface area contributed by atoms with Gasteiger partial charge in [-0.05, 0) is 61.7 Å². The van der Waals surface area contributed by atoms with Crippen LogP contribution in [-0.4, -0.2) is 17.9 Å². The second-order valence-electron chi connectivity index (χ2n) is 6.94. The molecule has 0 atom stereocenters. The predicted molar refractivity (Wildman–Crippen MR) is 121 cm³/mol. The van der Waals surface area contributed by atoms with Crippen LogP contribution < -0.4 is 15.0 Å². The Labute approximate surface area is 183 Å². The molecule has 2 amide bonds. The Balaban J connectivity index is 1.72. The first-order valence-corrected chi connectivity index (χ1v) is 10.7. The second-order valence-corrected chi connectivity index (χ2v) is 8.30. The SMILES string of the molecule is CC(C)Oc1ccc(NC2=C(c3cccs3)C(=O)N(c3ccccc3Cl)C2=O)cc1. The average molecular weight is 439 g/mol. The molecule has 1 aromatic heterocycles. The monoisotopic (exact) mass is 438 g/mol. The maximum Gasteiger partial charge on any atom is 0.282 e. The van der Waals surface area contributed by atoms with E-state index in [0.717, 1.165) is 10.6 Å². The van der Waals surface area contributed by atoms with Gasteiger partial charge < -0.3 is 10.1 Å². The van der Waals surface area contributed by atoms with Gasteiger partial charge >= 0.3 is 0 Å². The fraction of sp³-hybridized carbons (Fsp3) is 0.130. The van der Waals surface area contributed by atoms with Gasteiger partial charge in [0.2, 0.25) is 0 Å². The molecule has 0 bridgehead atoms. The number of ether oxygens (including phenoxy) is 1. The summed E-state index contributed by atoms with van der Waals surface area (Å²) in [5, 5.41) is 5.34. The summed E-state index contributed by atoms with van der Waals surface area (Å²) in [6.07, 6.45) is 0.0650. The van der Waals surface area contributed by atoms with Crippen LogP contribution in [0.2, 0.25) is 5.02 Å². The Morgan fingerprint density at radius 3 is 2.33 bits per heavy atom. The van der Waals surface area contributed by atoms with Crippen LogP contribution in [0.1, 0.15) is 18.7 Å². The highest BCUT2D eigenvalue weighted by Crippen LogP contribution is 2.38. The van der Waals surface area contributed by atoms with Crippen LogP contribution in [0.4, 0.5) is 11.4 Å². The van der Waals surface area contributed by atoms with Crippen LogP contribution in [0.3, 0.4) is 0 Å². The van der Waals surface area contributed by atoms with Crippen LogP contribution in [0.5, 0.6) is 5.75 Å². The number of carbonyl (C=O) groups is 2. The molecule has 1 aliphatic rings. The molecule has 0 fully saturated rings. The van der Waals surface area contributed by atoms with Gasteiger partial charge in [0.05, 0.1) is 22.4 Å². The van der Waals surface area contributed by atoms with Gasteiger partial charge in [-0.1, -0.05) is 29.8 Å². The number of halogens is 1. The van der Waals surface area contributed by atoms with E-state index >= 15 is 0 Å². The molecule has 0 aliphatic carbocycles. The Bertz CT molecular complexity index is 1120. The van der Waals surface area contributed by atoms with Crippen molar-refractivity contribution in [2.24, 2.45) is 0 Å². The normalized spacial score (nSPS) is 14.1. The Hall–Kier alpha value is -3.09. The molecule has 5 nitrogen and oxygen atoms in total. The number of rotatable bonds is 6. The fourth-order valence-corrected chi connectivity index (χ4v) is 4.17. The van der Waals surface area contributed by atoms with Gasteiger partial charge in [0.15, 0.2) is 0 Å². The third-order valence-electron chi connectivity index (χ3n) is 4.44. The Morgan fingerprint density at radius 2 is 1.70 bits per heavy atom. The van der Waals surface area contributed by atoms with Gasteiger partial charge in [-0.3, -0.25) is 9.59 Å². The van der Waals surface area contributed by atoms with Gasteiger partial charge in [0, 0.05) is 10.6 Å². The van der Waals surface area contributed by atoms with Crippen molar-refractivity contribution >= 4 is 51.7 Å². The lowest BCUT2D eigenvalue weighted by Crippen LogP contribution is -2.32. The summed E-state index contributed by atoms with van der Waals surface area (Å²) in [4.78, 5) is 28.4. The zero-order valence-corrected chi connectivity index (χ0v) is 18.0.